The molecule has 3 unspecified atom stereocenters. The number of halogens is 4. The first-order chi connectivity index (χ1) is 22.3. The van der Waals surface area contributed by atoms with E-state index >= 15 is 0 Å². The Morgan fingerprint density at radius 2 is 1.98 bits per heavy atom. The maximum atomic E-state index is 14.6. The van der Waals surface area contributed by atoms with Gasteiger partial charge >= 0.3 is 6.18 Å². The average molecular weight is 657 g/mol. The third-order valence-electron chi connectivity index (χ3n) is 12.0. The number of amides is 2. The minimum atomic E-state index is -4.60. The summed E-state index contributed by atoms with van der Waals surface area (Å²) in [6.45, 7) is 5.83. The fourth-order valence-corrected chi connectivity index (χ4v) is 9.62. The predicted octanol–water partition coefficient (Wildman–Crippen LogP) is 5.34. The summed E-state index contributed by atoms with van der Waals surface area (Å²) < 4.78 is 56.3. The number of rotatable bonds is 7. The molecule has 2 aliphatic carbocycles. The van der Waals surface area contributed by atoms with Crippen molar-refractivity contribution in [2.75, 3.05) is 39.9 Å². The van der Waals surface area contributed by atoms with Gasteiger partial charge in [-0.15, -0.1) is 0 Å². The number of likely N-dealkylation sites (tertiary alicyclic amines) is 2. The summed E-state index contributed by atoms with van der Waals surface area (Å²) >= 11 is 0. The van der Waals surface area contributed by atoms with Crippen LogP contribution in [-0.2, 0) is 17.5 Å². The lowest BCUT2D eigenvalue weighted by Gasteiger charge is -2.57. The quantitative estimate of drug-likeness (QED) is 0.244. The first-order valence-electron chi connectivity index (χ1n) is 16.8. The van der Waals surface area contributed by atoms with Gasteiger partial charge in [0.2, 0.25) is 5.91 Å². The SMILES string of the molecule is CC1CC(C2CC=CC(N3Cc4c(cc([C@@H](C)N5CCC6(CN(C(=O)/C=C/CF)C6)C5)cc4C(F)(F)F)C3=O)C2)(C2NN=CN2C)C1. The van der Waals surface area contributed by atoms with Crippen molar-refractivity contribution in [2.24, 2.45) is 27.8 Å². The van der Waals surface area contributed by atoms with E-state index in [9.17, 15) is 27.2 Å². The molecule has 0 aromatic heterocycles. The smallest absolute Gasteiger partial charge is 0.342 e. The number of nitrogens with one attached hydrogen (secondary N) is 1. The number of fused-ring (bicyclic) bond motifs is 1. The Labute approximate surface area is 273 Å². The number of hydrogen-bond acceptors (Lipinski definition) is 6. The molecule has 1 N–H and O–H groups in total. The zero-order chi connectivity index (χ0) is 33.3. The van der Waals surface area contributed by atoms with E-state index in [-0.39, 0.29) is 64.5 Å². The van der Waals surface area contributed by atoms with Gasteiger partial charge in [0.15, 0.2) is 0 Å². The molecule has 1 saturated carbocycles. The average Bonchev–Trinajstić information content (AvgIpc) is 3.73. The van der Waals surface area contributed by atoms with Crippen molar-refractivity contribution in [3.05, 3.63) is 58.7 Å². The van der Waals surface area contributed by atoms with Gasteiger partial charge in [-0.2, -0.15) is 18.3 Å². The molecular weight excluding hydrogens is 612 g/mol. The van der Waals surface area contributed by atoms with Crippen LogP contribution in [0, 0.1) is 22.7 Å². The van der Waals surface area contributed by atoms with Gasteiger partial charge < -0.3 is 14.7 Å². The molecule has 1 aromatic carbocycles. The van der Waals surface area contributed by atoms with Crippen LogP contribution in [0.5, 0.6) is 0 Å². The lowest BCUT2D eigenvalue weighted by molar-refractivity contribution is -0.138. The molecule has 0 bridgehead atoms. The molecule has 7 rings (SSSR count). The van der Waals surface area contributed by atoms with Gasteiger partial charge in [0.1, 0.15) is 19.2 Å². The summed E-state index contributed by atoms with van der Waals surface area (Å²) in [5.41, 5.74) is 3.14. The van der Waals surface area contributed by atoms with Crippen LogP contribution in [0.3, 0.4) is 0 Å². The summed E-state index contributed by atoms with van der Waals surface area (Å²) in [6.07, 6.45) is 8.34. The highest BCUT2D eigenvalue weighted by Gasteiger charge is 2.56. The molecule has 8 nitrogen and oxygen atoms in total. The molecule has 2 amide bonds. The van der Waals surface area contributed by atoms with E-state index in [0.717, 1.165) is 25.7 Å². The molecule has 12 heteroatoms. The van der Waals surface area contributed by atoms with E-state index in [4.69, 9.17) is 0 Å². The standard InChI is InChI=1S/C35H44F4N6O2/c1-22-15-34(16-22,32-41-40-21-42(32)3)25-6-4-7-26(14-25)45-17-28-27(31(45)47)12-24(13-29(28)35(37,38)39)23(2)43-11-9-33(18-43)19-44(20-33)30(46)8-5-10-36/h4-5,7-8,12-13,21-23,25-26,32,41H,6,9-11,14-20H2,1-3H3/b8-5+/t22?,23-,25?,26?,32?,34?/m1/s1. The highest BCUT2D eigenvalue weighted by molar-refractivity contribution is 5.99. The van der Waals surface area contributed by atoms with E-state index in [0.29, 0.717) is 44.1 Å². The van der Waals surface area contributed by atoms with Crippen molar-refractivity contribution in [3.63, 3.8) is 0 Å². The van der Waals surface area contributed by atoms with Gasteiger partial charge in [-0.1, -0.05) is 19.1 Å². The van der Waals surface area contributed by atoms with E-state index in [2.05, 4.69) is 33.3 Å². The van der Waals surface area contributed by atoms with Crippen LogP contribution in [0.1, 0.15) is 79.0 Å². The summed E-state index contributed by atoms with van der Waals surface area (Å²) in [7, 11) is 2.02. The van der Waals surface area contributed by atoms with Gasteiger partial charge in [0.05, 0.1) is 11.6 Å². The predicted molar refractivity (Wildman–Crippen MR) is 170 cm³/mol. The van der Waals surface area contributed by atoms with Gasteiger partial charge in [-0.25, -0.2) is 4.39 Å². The molecule has 1 spiro atoms. The van der Waals surface area contributed by atoms with E-state index < -0.39 is 18.4 Å². The summed E-state index contributed by atoms with van der Waals surface area (Å²) in [5, 5.41) is 4.30. The Morgan fingerprint density at radius 3 is 2.64 bits per heavy atom. The Bertz CT molecular complexity index is 1510. The van der Waals surface area contributed by atoms with Gasteiger partial charge in [-0.05, 0) is 86.7 Å². The largest absolute Gasteiger partial charge is 0.416 e. The molecule has 2 saturated heterocycles. The number of hydrogen-bond donors (Lipinski definition) is 1. The third kappa shape index (κ3) is 5.44. The maximum absolute atomic E-state index is 14.6. The molecule has 254 valence electrons. The topological polar surface area (TPSA) is 71.5 Å². The highest BCUT2D eigenvalue weighted by Crippen LogP contribution is 2.57. The number of nitrogens with zero attached hydrogens (tertiary/aromatic N) is 5. The summed E-state index contributed by atoms with van der Waals surface area (Å²) in [6, 6.07) is 2.32. The Hall–Kier alpha value is -3.41. The third-order valence-corrected chi connectivity index (χ3v) is 12.0. The van der Waals surface area contributed by atoms with Gasteiger partial charge in [0, 0.05) is 61.7 Å². The molecular formula is C35H44F4N6O2. The van der Waals surface area contributed by atoms with Crippen LogP contribution in [0.4, 0.5) is 17.6 Å². The molecule has 3 fully saturated rings. The lowest BCUT2D eigenvalue weighted by atomic mass is 9.52. The van der Waals surface area contributed by atoms with Crippen molar-refractivity contribution in [2.45, 2.75) is 76.9 Å². The maximum Gasteiger partial charge on any atom is 0.416 e. The molecule has 4 atom stereocenters. The highest BCUT2D eigenvalue weighted by atomic mass is 19.4. The first kappa shape index (κ1) is 32.2. The van der Waals surface area contributed by atoms with Crippen molar-refractivity contribution in [1.29, 1.82) is 0 Å². The Balaban J connectivity index is 1.09. The second-order valence-corrected chi connectivity index (χ2v) is 15.0. The Morgan fingerprint density at radius 1 is 1.21 bits per heavy atom. The van der Waals surface area contributed by atoms with Crippen LogP contribution in [-0.4, -0.2) is 89.9 Å². The normalized spacial score (nSPS) is 32.2. The zero-order valence-corrected chi connectivity index (χ0v) is 27.3. The number of alkyl halides is 4. The minimum absolute atomic E-state index is 0.0219. The molecule has 6 aliphatic rings. The number of hydrazone groups is 1. The second-order valence-electron chi connectivity index (χ2n) is 15.0. The monoisotopic (exact) mass is 656 g/mol. The summed E-state index contributed by atoms with van der Waals surface area (Å²) in [5.74, 6) is 0.301. The van der Waals surface area contributed by atoms with Crippen molar-refractivity contribution in [3.8, 4) is 0 Å². The van der Waals surface area contributed by atoms with Crippen LogP contribution < -0.4 is 5.43 Å². The van der Waals surface area contributed by atoms with E-state index in [1.165, 1.54) is 18.2 Å². The van der Waals surface area contributed by atoms with Crippen LogP contribution >= 0.6 is 0 Å². The fourth-order valence-electron chi connectivity index (χ4n) is 9.62. The van der Waals surface area contributed by atoms with Crippen LogP contribution in [0.15, 0.2) is 41.5 Å². The van der Waals surface area contributed by atoms with Crippen molar-refractivity contribution >= 4 is 18.2 Å². The van der Waals surface area contributed by atoms with E-state index in [1.54, 1.807) is 15.9 Å². The molecule has 4 heterocycles. The fraction of sp³-hybridized carbons (Fsp3) is 0.629. The van der Waals surface area contributed by atoms with E-state index in [1.807, 2.05) is 26.4 Å². The number of carbonyl (C=O) groups is 2. The van der Waals surface area contributed by atoms with Crippen molar-refractivity contribution < 1.29 is 27.2 Å². The Kier molecular flexibility index (Phi) is 7.96. The first-order valence-corrected chi connectivity index (χ1v) is 16.8. The lowest BCUT2D eigenvalue weighted by Crippen LogP contribution is -2.60. The van der Waals surface area contributed by atoms with Crippen LogP contribution in [0.2, 0.25) is 0 Å². The van der Waals surface area contributed by atoms with Gasteiger partial charge in [-0.3, -0.25) is 19.9 Å². The number of carbonyl (C=O) groups excluding carboxylic acids is 2. The molecule has 47 heavy (non-hydrogen) atoms. The molecule has 1 aromatic rings. The molecule has 0 radical (unpaired) electrons. The van der Waals surface area contributed by atoms with Crippen molar-refractivity contribution in [1.82, 2.24) is 25.0 Å². The minimum Gasteiger partial charge on any atom is -0.342 e. The van der Waals surface area contributed by atoms with Gasteiger partial charge in [0.25, 0.3) is 5.91 Å². The zero-order valence-electron chi connectivity index (χ0n) is 27.3. The molecule has 4 aliphatic heterocycles. The van der Waals surface area contributed by atoms with Crippen LogP contribution in [0.25, 0.3) is 0 Å². The summed E-state index contributed by atoms with van der Waals surface area (Å²) in [4.78, 5) is 33.9. The number of benzene rings is 1. The number of allylic oxidation sites excluding steroid dienone is 2. The second kappa shape index (κ2) is 11.6.